The highest BCUT2D eigenvalue weighted by atomic mass is 32.2. The molecule has 1 atom stereocenters. The van der Waals surface area contributed by atoms with Crippen molar-refractivity contribution in [3.63, 3.8) is 0 Å². The van der Waals surface area contributed by atoms with Gasteiger partial charge in [0, 0.05) is 19.1 Å². The molecule has 2 rings (SSSR count). The van der Waals surface area contributed by atoms with Crippen molar-refractivity contribution in [2.45, 2.75) is 37.1 Å². The molecule has 1 heterocycles. The third-order valence-corrected chi connectivity index (χ3v) is 5.39. The molecule has 1 aliphatic heterocycles. The van der Waals surface area contributed by atoms with E-state index in [-0.39, 0.29) is 12.5 Å². The highest BCUT2D eigenvalue weighted by Gasteiger charge is 2.38. The summed E-state index contributed by atoms with van der Waals surface area (Å²) in [4.78, 5) is -0.945. The Hall–Kier alpha value is -1.52. The summed E-state index contributed by atoms with van der Waals surface area (Å²) in [5.41, 5.74) is -0.549. The van der Waals surface area contributed by atoms with E-state index in [1.165, 1.54) is 0 Å². The van der Waals surface area contributed by atoms with Crippen LogP contribution in [0.4, 0.5) is 13.2 Å². The van der Waals surface area contributed by atoms with Gasteiger partial charge in [0.05, 0.1) is 5.60 Å². The molecule has 6 nitrogen and oxygen atoms in total. The van der Waals surface area contributed by atoms with Crippen LogP contribution >= 0.6 is 0 Å². The van der Waals surface area contributed by atoms with Gasteiger partial charge in [-0.25, -0.2) is 13.1 Å². The number of hydrogen-bond donors (Lipinski definition) is 2. The summed E-state index contributed by atoms with van der Waals surface area (Å²) in [6.07, 6.45) is -4.47. The molecule has 136 valence electrons. The zero-order chi connectivity index (χ0) is 18.2. The lowest BCUT2D eigenvalue weighted by atomic mass is 9.91. The maximum Gasteiger partial charge on any atom is 0.573 e. The Balaban J connectivity index is 2.26. The molecule has 0 aliphatic carbocycles. The fraction of sp³-hybridized carbons (Fsp3) is 0.571. The Morgan fingerprint density at radius 2 is 2.08 bits per heavy atom. The second kappa shape index (κ2) is 6.41. The maximum atomic E-state index is 12.4. The van der Waals surface area contributed by atoms with Crippen molar-refractivity contribution in [3.05, 3.63) is 18.2 Å². The molecule has 0 radical (unpaired) electrons. The van der Waals surface area contributed by atoms with E-state index in [2.05, 4.69) is 9.46 Å². The number of phenols is 1. The lowest BCUT2D eigenvalue weighted by Crippen LogP contribution is -2.38. The predicted octanol–water partition coefficient (Wildman–Crippen LogP) is 2.38. The van der Waals surface area contributed by atoms with E-state index in [0.717, 1.165) is 18.2 Å². The van der Waals surface area contributed by atoms with Crippen molar-refractivity contribution in [1.29, 1.82) is 0 Å². The molecular weight excluding hydrogens is 351 g/mol. The van der Waals surface area contributed by atoms with E-state index in [1.807, 2.05) is 0 Å². The molecule has 1 unspecified atom stereocenters. The summed E-state index contributed by atoms with van der Waals surface area (Å²) in [6, 6.07) is 2.86. The van der Waals surface area contributed by atoms with Gasteiger partial charge in [0.1, 0.15) is 5.75 Å². The van der Waals surface area contributed by atoms with E-state index in [1.54, 1.807) is 13.8 Å². The van der Waals surface area contributed by atoms with E-state index >= 15 is 0 Å². The van der Waals surface area contributed by atoms with Crippen LogP contribution in [0.5, 0.6) is 11.5 Å². The van der Waals surface area contributed by atoms with Crippen LogP contribution in [0.1, 0.15) is 20.3 Å². The number of rotatable bonds is 5. The van der Waals surface area contributed by atoms with Gasteiger partial charge in [-0.05, 0) is 32.4 Å². The van der Waals surface area contributed by atoms with Gasteiger partial charge in [-0.2, -0.15) is 0 Å². The van der Waals surface area contributed by atoms with E-state index in [9.17, 15) is 26.7 Å². The molecule has 2 N–H and O–H groups in total. The van der Waals surface area contributed by atoms with Crippen LogP contribution in [0.15, 0.2) is 23.1 Å². The van der Waals surface area contributed by atoms with Crippen molar-refractivity contribution >= 4 is 10.0 Å². The molecular formula is C14H18F3NO5S. The minimum Gasteiger partial charge on any atom is -0.506 e. The summed E-state index contributed by atoms with van der Waals surface area (Å²) >= 11 is 0. The molecule has 1 aromatic carbocycles. The highest BCUT2D eigenvalue weighted by molar-refractivity contribution is 7.89. The van der Waals surface area contributed by atoms with Crippen LogP contribution in [0.2, 0.25) is 0 Å². The molecule has 1 fully saturated rings. The van der Waals surface area contributed by atoms with E-state index in [0.29, 0.717) is 13.0 Å². The van der Waals surface area contributed by atoms with Crippen LogP contribution in [0.3, 0.4) is 0 Å². The van der Waals surface area contributed by atoms with Crippen LogP contribution in [-0.2, 0) is 14.8 Å². The van der Waals surface area contributed by atoms with Crippen LogP contribution in [0, 0.1) is 5.92 Å². The molecule has 0 bridgehead atoms. The van der Waals surface area contributed by atoms with Crippen molar-refractivity contribution in [1.82, 2.24) is 4.72 Å². The number of nitrogens with one attached hydrogen (secondary N) is 1. The first kappa shape index (κ1) is 18.8. The number of hydrogen-bond acceptors (Lipinski definition) is 5. The third-order valence-electron chi connectivity index (χ3n) is 3.90. The zero-order valence-electron chi connectivity index (χ0n) is 13.1. The first-order chi connectivity index (χ1) is 10.9. The van der Waals surface area contributed by atoms with Gasteiger partial charge >= 0.3 is 6.36 Å². The number of alkyl halides is 3. The topological polar surface area (TPSA) is 84.9 Å². The van der Waals surface area contributed by atoms with Gasteiger partial charge in [0.2, 0.25) is 10.0 Å². The number of ether oxygens (including phenoxy) is 2. The standard InChI is InChI=1S/C14H18F3NO5S/c1-13(2)9(6-7-22-13)8-18-24(20,21)12-10(19)4-3-5-11(12)23-14(15,16)17/h3-5,9,18-19H,6-8H2,1-2H3. The molecule has 1 aromatic rings. The van der Waals surface area contributed by atoms with Crippen LogP contribution < -0.4 is 9.46 Å². The largest absolute Gasteiger partial charge is 0.573 e. The fourth-order valence-electron chi connectivity index (χ4n) is 2.54. The number of aromatic hydroxyl groups is 1. The Labute approximate surface area is 137 Å². The van der Waals surface area contributed by atoms with E-state index in [4.69, 9.17) is 4.74 Å². The molecule has 1 aliphatic rings. The quantitative estimate of drug-likeness (QED) is 0.833. The average Bonchev–Trinajstić information content (AvgIpc) is 2.73. The monoisotopic (exact) mass is 369 g/mol. The first-order valence-corrected chi connectivity index (χ1v) is 8.62. The minimum atomic E-state index is -5.08. The average molecular weight is 369 g/mol. The Morgan fingerprint density at radius 1 is 1.42 bits per heavy atom. The predicted molar refractivity (Wildman–Crippen MR) is 78.1 cm³/mol. The highest BCUT2D eigenvalue weighted by Crippen LogP contribution is 2.36. The number of phenolic OH excluding ortho intramolecular Hbond substituents is 1. The van der Waals surface area contributed by atoms with Crippen molar-refractivity contribution in [2.75, 3.05) is 13.2 Å². The Bertz CT molecular complexity index is 703. The zero-order valence-corrected chi connectivity index (χ0v) is 13.9. The van der Waals surface area contributed by atoms with Gasteiger partial charge in [-0.15, -0.1) is 13.2 Å². The van der Waals surface area contributed by atoms with Gasteiger partial charge in [0.15, 0.2) is 10.6 Å². The van der Waals surface area contributed by atoms with Gasteiger partial charge in [-0.3, -0.25) is 0 Å². The molecule has 24 heavy (non-hydrogen) atoms. The lowest BCUT2D eigenvalue weighted by molar-refractivity contribution is -0.275. The Morgan fingerprint density at radius 3 is 2.62 bits per heavy atom. The van der Waals surface area contributed by atoms with Gasteiger partial charge < -0.3 is 14.6 Å². The normalized spacial score (nSPS) is 21.0. The summed E-state index contributed by atoms with van der Waals surface area (Å²) in [6.45, 7) is 4.04. The Kier molecular flexibility index (Phi) is 5.03. The number of sulfonamides is 1. The van der Waals surface area contributed by atoms with Crippen molar-refractivity contribution in [3.8, 4) is 11.5 Å². The van der Waals surface area contributed by atoms with Crippen molar-refractivity contribution in [2.24, 2.45) is 5.92 Å². The summed E-state index contributed by atoms with van der Waals surface area (Å²) < 4.78 is 73.5. The second-order valence-corrected chi connectivity index (χ2v) is 7.65. The molecule has 10 heteroatoms. The van der Waals surface area contributed by atoms with Crippen LogP contribution in [-0.4, -0.2) is 38.6 Å². The minimum absolute atomic E-state index is 0.0326. The van der Waals surface area contributed by atoms with Gasteiger partial charge in [-0.1, -0.05) is 6.07 Å². The SMILES string of the molecule is CC1(C)OCCC1CNS(=O)(=O)c1c(O)cccc1OC(F)(F)F. The smallest absolute Gasteiger partial charge is 0.506 e. The lowest BCUT2D eigenvalue weighted by Gasteiger charge is -2.26. The second-order valence-electron chi connectivity index (χ2n) is 5.94. The first-order valence-electron chi connectivity index (χ1n) is 7.14. The molecule has 1 saturated heterocycles. The summed E-state index contributed by atoms with van der Waals surface area (Å²) in [5.74, 6) is -1.96. The fourth-order valence-corrected chi connectivity index (χ4v) is 3.82. The maximum absolute atomic E-state index is 12.4. The summed E-state index contributed by atoms with van der Waals surface area (Å²) in [5, 5.41) is 9.73. The molecule has 0 saturated carbocycles. The van der Waals surface area contributed by atoms with Crippen molar-refractivity contribution < 1.29 is 36.2 Å². The molecule has 0 amide bonds. The molecule has 0 aromatic heterocycles. The molecule has 0 spiro atoms. The number of halogens is 3. The van der Waals surface area contributed by atoms with Crippen LogP contribution in [0.25, 0.3) is 0 Å². The number of benzene rings is 1. The summed E-state index contributed by atoms with van der Waals surface area (Å²) in [7, 11) is -4.41. The van der Waals surface area contributed by atoms with E-state index < -0.39 is 38.4 Å². The third kappa shape index (κ3) is 4.31. The van der Waals surface area contributed by atoms with Gasteiger partial charge in [0.25, 0.3) is 0 Å².